The molecule has 0 radical (unpaired) electrons. The normalized spacial score (nSPS) is 10.9. The zero-order chi connectivity index (χ0) is 17.3. The average molecular weight is 367 g/mol. The number of aromatic nitrogens is 3. The molecule has 0 spiro atoms. The SMILES string of the molecule is CCOC(=O)C(=O)c1c(O)[n+](Cc2cnc(Cl)s2)c2ccccn12. The number of rotatable bonds is 5. The summed E-state index contributed by atoms with van der Waals surface area (Å²) in [5, 5.41) is 10.5. The molecule has 0 unspecified atom stereocenters. The molecular formula is C15H13ClN3O4S+. The highest BCUT2D eigenvalue weighted by atomic mass is 35.5. The van der Waals surface area contributed by atoms with Crippen LogP contribution in [0.4, 0.5) is 0 Å². The second kappa shape index (κ2) is 6.58. The Morgan fingerprint density at radius 2 is 2.25 bits per heavy atom. The minimum atomic E-state index is -1.01. The molecule has 3 heterocycles. The topological polar surface area (TPSA) is 84.8 Å². The number of esters is 1. The number of thiazole rings is 1. The Morgan fingerprint density at radius 3 is 2.92 bits per heavy atom. The second-order valence-corrected chi connectivity index (χ2v) is 6.51. The van der Waals surface area contributed by atoms with E-state index < -0.39 is 11.8 Å². The lowest BCUT2D eigenvalue weighted by molar-refractivity contribution is -0.667. The molecular weight excluding hydrogens is 354 g/mol. The van der Waals surface area contributed by atoms with Crippen LogP contribution in [0.5, 0.6) is 5.88 Å². The molecule has 1 N–H and O–H groups in total. The third-order valence-corrected chi connectivity index (χ3v) is 4.44. The van der Waals surface area contributed by atoms with Crippen molar-refractivity contribution in [2.75, 3.05) is 6.61 Å². The summed E-state index contributed by atoms with van der Waals surface area (Å²) in [5.41, 5.74) is 0.409. The van der Waals surface area contributed by atoms with Gasteiger partial charge in [-0.15, -0.1) is 11.3 Å². The number of hydrogen-bond acceptors (Lipinski definition) is 6. The first-order chi connectivity index (χ1) is 11.5. The fourth-order valence-electron chi connectivity index (χ4n) is 2.36. The van der Waals surface area contributed by atoms with Gasteiger partial charge in [0.1, 0.15) is 6.54 Å². The Bertz CT molecular complexity index is 934. The zero-order valence-corrected chi connectivity index (χ0v) is 14.2. The number of nitrogens with zero attached hydrogens (tertiary/aromatic N) is 3. The van der Waals surface area contributed by atoms with Crippen LogP contribution in [0.3, 0.4) is 0 Å². The number of ether oxygens (including phenoxy) is 1. The molecule has 24 heavy (non-hydrogen) atoms. The van der Waals surface area contributed by atoms with E-state index in [-0.39, 0.29) is 24.7 Å². The van der Waals surface area contributed by atoms with Crippen molar-refractivity contribution < 1.29 is 24.0 Å². The van der Waals surface area contributed by atoms with E-state index in [4.69, 9.17) is 16.3 Å². The molecule has 124 valence electrons. The van der Waals surface area contributed by atoms with Crippen LogP contribution in [-0.2, 0) is 16.1 Å². The van der Waals surface area contributed by atoms with Crippen LogP contribution in [0.1, 0.15) is 22.3 Å². The first kappa shape index (κ1) is 16.4. The van der Waals surface area contributed by atoms with E-state index >= 15 is 0 Å². The average Bonchev–Trinajstić information content (AvgIpc) is 3.09. The Hall–Kier alpha value is -2.45. The van der Waals surface area contributed by atoms with Crippen LogP contribution in [0.25, 0.3) is 5.65 Å². The minimum Gasteiger partial charge on any atom is -0.475 e. The highest BCUT2D eigenvalue weighted by Crippen LogP contribution is 2.22. The number of fused-ring (bicyclic) bond motifs is 1. The summed E-state index contributed by atoms with van der Waals surface area (Å²) in [5.74, 6) is -2.23. The quantitative estimate of drug-likeness (QED) is 0.322. The largest absolute Gasteiger partial charge is 0.475 e. The van der Waals surface area contributed by atoms with E-state index in [9.17, 15) is 14.7 Å². The first-order valence-electron chi connectivity index (χ1n) is 7.06. The van der Waals surface area contributed by atoms with Gasteiger partial charge in [-0.2, -0.15) is 8.97 Å². The highest BCUT2D eigenvalue weighted by molar-refractivity contribution is 7.15. The van der Waals surface area contributed by atoms with Crippen molar-refractivity contribution in [1.29, 1.82) is 0 Å². The molecule has 0 aliphatic rings. The van der Waals surface area contributed by atoms with Gasteiger partial charge in [-0.3, -0.25) is 4.79 Å². The van der Waals surface area contributed by atoms with Crippen molar-refractivity contribution in [3.05, 3.63) is 45.6 Å². The third-order valence-electron chi connectivity index (χ3n) is 3.34. The molecule has 3 rings (SSSR count). The number of halogens is 1. The van der Waals surface area contributed by atoms with Crippen molar-refractivity contribution in [3.8, 4) is 5.88 Å². The van der Waals surface area contributed by atoms with E-state index in [2.05, 4.69) is 4.98 Å². The van der Waals surface area contributed by atoms with Gasteiger partial charge in [0.2, 0.25) is 0 Å². The molecule has 3 aromatic rings. The standard InChI is InChI=1S/C15H12ClN3O4S/c1-2-23-14(22)12(20)11-13(21)19(8-9-7-17-15(16)24-9)10-5-3-4-6-18(10)11/h3-7H,2,8H2,1H3/p+1. The maximum absolute atomic E-state index is 12.3. The molecule has 0 amide bonds. The van der Waals surface area contributed by atoms with Crippen LogP contribution in [0, 0.1) is 0 Å². The number of Topliss-reactive ketones (excluding diaryl/α,β-unsaturated/α-hetero) is 1. The number of pyridine rings is 1. The van der Waals surface area contributed by atoms with Crippen molar-refractivity contribution >= 4 is 40.3 Å². The van der Waals surface area contributed by atoms with Crippen LogP contribution in [-0.4, -0.2) is 32.9 Å². The summed E-state index contributed by atoms with van der Waals surface area (Å²) in [6.07, 6.45) is 3.19. The number of carbonyl (C=O) groups excluding carboxylic acids is 2. The van der Waals surface area contributed by atoms with Crippen LogP contribution in [0.2, 0.25) is 4.47 Å². The molecule has 0 fully saturated rings. The summed E-state index contributed by atoms with van der Waals surface area (Å²) < 4.78 is 8.10. The summed E-state index contributed by atoms with van der Waals surface area (Å²) in [4.78, 5) is 28.9. The predicted molar refractivity (Wildman–Crippen MR) is 86.4 cm³/mol. The third kappa shape index (κ3) is 2.85. The molecule has 9 heteroatoms. The lowest BCUT2D eigenvalue weighted by atomic mass is 10.3. The van der Waals surface area contributed by atoms with Gasteiger partial charge in [-0.1, -0.05) is 17.7 Å². The zero-order valence-electron chi connectivity index (χ0n) is 12.6. The summed E-state index contributed by atoms with van der Waals surface area (Å²) in [7, 11) is 0. The highest BCUT2D eigenvalue weighted by Gasteiger charge is 2.35. The predicted octanol–water partition coefficient (Wildman–Crippen LogP) is 1.84. The second-order valence-electron chi connectivity index (χ2n) is 4.82. The fraction of sp³-hybridized carbons (Fsp3) is 0.200. The van der Waals surface area contributed by atoms with Gasteiger partial charge in [-0.05, 0) is 13.0 Å². The molecule has 0 bridgehead atoms. The molecule has 0 aliphatic carbocycles. The fourth-order valence-corrected chi connectivity index (χ4v) is 3.33. The van der Waals surface area contributed by atoms with Gasteiger partial charge in [-0.25, -0.2) is 9.78 Å². The monoisotopic (exact) mass is 366 g/mol. The Balaban J connectivity index is 2.12. The summed E-state index contributed by atoms with van der Waals surface area (Å²) in [6.45, 7) is 1.95. The van der Waals surface area contributed by atoms with Crippen molar-refractivity contribution in [2.24, 2.45) is 0 Å². The van der Waals surface area contributed by atoms with Crippen molar-refractivity contribution in [2.45, 2.75) is 13.5 Å². The van der Waals surface area contributed by atoms with Crippen LogP contribution >= 0.6 is 22.9 Å². The molecule has 7 nitrogen and oxygen atoms in total. The summed E-state index contributed by atoms with van der Waals surface area (Å²) in [6, 6.07) is 5.19. The number of hydrogen-bond donors (Lipinski definition) is 1. The van der Waals surface area contributed by atoms with Crippen molar-refractivity contribution in [1.82, 2.24) is 9.38 Å². The molecule has 0 aliphatic heterocycles. The van der Waals surface area contributed by atoms with Gasteiger partial charge in [0.25, 0.3) is 11.3 Å². The lowest BCUT2D eigenvalue weighted by Gasteiger charge is -1.97. The minimum absolute atomic E-state index is 0.0774. The number of ketones is 1. The Labute approximate surface area is 145 Å². The van der Waals surface area contributed by atoms with Gasteiger partial charge >= 0.3 is 17.6 Å². The molecule has 0 aromatic carbocycles. The van der Waals surface area contributed by atoms with Gasteiger partial charge in [0.15, 0.2) is 4.47 Å². The molecule has 0 saturated carbocycles. The number of aromatic hydroxyl groups is 1. The smallest absolute Gasteiger partial charge is 0.383 e. The maximum Gasteiger partial charge on any atom is 0.383 e. The molecule has 0 saturated heterocycles. The lowest BCUT2D eigenvalue weighted by Crippen LogP contribution is -2.33. The van der Waals surface area contributed by atoms with Gasteiger partial charge in [0, 0.05) is 12.3 Å². The van der Waals surface area contributed by atoms with Crippen LogP contribution in [0.15, 0.2) is 30.6 Å². The van der Waals surface area contributed by atoms with E-state index in [1.165, 1.54) is 20.3 Å². The van der Waals surface area contributed by atoms with E-state index in [1.807, 2.05) is 0 Å². The summed E-state index contributed by atoms with van der Waals surface area (Å²) >= 11 is 7.10. The van der Waals surface area contributed by atoms with Gasteiger partial charge in [0.05, 0.1) is 17.7 Å². The van der Waals surface area contributed by atoms with Gasteiger partial charge < -0.3 is 9.84 Å². The first-order valence-corrected chi connectivity index (χ1v) is 8.26. The Kier molecular flexibility index (Phi) is 4.50. The maximum atomic E-state index is 12.3. The number of carbonyl (C=O) groups is 2. The van der Waals surface area contributed by atoms with Crippen LogP contribution < -0.4 is 4.57 Å². The Morgan fingerprint density at radius 1 is 1.46 bits per heavy atom. The molecule has 0 atom stereocenters. The molecule has 3 aromatic heterocycles. The van der Waals surface area contributed by atoms with Crippen molar-refractivity contribution in [3.63, 3.8) is 0 Å². The number of imidazole rings is 1. The van der Waals surface area contributed by atoms with E-state index in [1.54, 1.807) is 37.5 Å². The van der Waals surface area contributed by atoms with E-state index in [0.717, 1.165) is 4.88 Å². The van der Waals surface area contributed by atoms with E-state index in [0.29, 0.717) is 10.1 Å².